The minimum absolute atomic E-state index is 0.220. The van der Waals surface area contributed by atoms with Gasteiger partial charge in [0.25, 0.3) is 0 Å². The second kappa shape index (κ2) is 3.85. The van der Waals surface area contributed by atoms with E-state index in [1.807, 2.05) is 0 Å². The van der Waals surface area contributed by atoms with E-state index in [1.54, 1.807) is 24.1 Å². The van der Waals surface area contributed by atoms with E-state index in [4.69, 9.17) is 0 Å². The number of carbonyl (C=O) groups excluding carboxylic acids is 1. The molecule has 0 N–H and O–H groups in total. The van der Waals surface area contributed by atoms with Gasteiger partial charge in [-0.25, -0.2) is 0 Å². The highest BCUT2D eigenvalue weighted by Crippen LogP contribution is 1.92. The zero-order chi connectivity index (χ0) is 8.10. The molecular formula is C7H11N3O. The van der Waals surface area contributed by atoms with Crippen LogP contribution in [0.2, 0.25) is 0 Å². The van der Waals surface area contributed by atoms with Crippen LogP contribution >= 0.6 is 0 Å². The van der Waals surface area contributed by atoms with Gasteiger partial charge in [-0.2, -0.15) is 15.0 Å². The molecule has 60 valence electrons. The summed E-state index contributed by atoms with van der Waals surface area (Å²) in [6, 6.07) is 0. The highest BCUT2D eigenvalue weighted by Gasteiger charge is 1.94. The van der Waals surface area contributed by atoms with Crippen molar-refractivity contribution in [3.05, 3.63) is 12.4 Å². The van der Waals surface area contributed by atoms with Crippen LogP contribution < -0.4 is 0 Å². The summed E-state index contributed by atoms with van der Waals surface area (Å²) in [4.78, 5) is 12.1. The molecule has 0 bridgehead atoms. The second-order valence-electron chi connectivity index (χ2n) is 2.43. The number of rotatable bonds is 4. The van der Waals surface area contributed by atoms with Crippen LogP contribution in [0, 0.1) is 0 Å². The maximum Gasteiger partial charge on any atom is 0.129 e. The zero-order valence-electron chi connectivity index (χ0n) is 6.53. The molecule has 0 radical (unpaired) electrons. The fourth-order valence-corrected chi connectivity index (χ4v) is 0.828. The number of aromatic nitrogens is 3. The molecule has 11 heavy (non-hydrogen) atoms. The average Bonchev–Trinajstić information content (AvgIpc) is 2.39. The first-order valence-electron chi connectivity index (χ1n) is 3.62. The van der Waals surface area contributed by atoms with E-state index in [-0.39, 0.29) is 5.78 Å². The summed E-state index contributed by atoms with van der Waals surface area (Å²) >= 11 is 0. The van der Waals surface area contributed by atoms with Gasteiger partial charge in [-0.05, 0) is 13.3 Å². The van der Waals surface area contributed by atoms with Gasteiger partial charge in [0.05, 0.1) is 18.9 Å². The molecule has 1 aromatic rings. The zero-order valence-corrected chi connectivity index (χ0v) is 6.53. The first-order valence-corrected chi connectivity index (χ1v) is 3.62. The summed E-state index contributed by atoms with van der Waals surface area (Å²) in [5.41, 5.74) is 0. The molecule has 4 heteroatoms. The fourth-order valence-electron chi connectivity index (χ4n) is 0.828. The molecule has 0 saturated carbocycles. The molecule has 0 aliphatic heterocycles. The third kappa shape index (κ3) is 2.93. The maximum absolute atomic E-state index is 10.5. The van der Waals surface area contributed by atoms with Gasteiger partial charge in [0.1, 0.15) is 5.78 Å². The Kier molecular flexibility index (Phi) is 2.77. The molecule has 0 atom stereocenters. The largest absolute Gasteiger partial charge is 0.300 e. The molecule has 0 amide bonds. The molecular weight excluding hydrogens is 142 g/mol. The van der Waals surface area contributed by atoms with Gasteiger partial charge < -0.3 is 4.79 Å². The topological polar surface area (TPSA) is 47.8 Å². The van der Waals surface area contributed by atoms with Crippen LogP contribution in [0.1, 0.15) is 19.8 Å². The average molecular weight is 153 g/mol. The fraction of sp³-hybridized carbons (Fsp3) is 0.571. The highest BCUT2D eigenvalue weighted by atomic mass is 16.1. The summed E-state index contributed by atoms with van der Waals surface area (Å²) < 4.78 is 0. The number of Topliss-reactive ketones (excluding diaryl/α,β-unsaturated/α-hetero) is 1. The van der Waals surface area contributed by atoms with E-state index in [1.165, 1.54) is 0 Å². The minimum Gasteiger partial charge on any atom is -0.300 e. The van der Waals surface area contributed by atoms with Crippen molar-refractivity contribution < 1.29 is 4.79 Å². The number of ketones is 1. The van der Waals surface area contributed by atoms with Gasteiger partial charge >= 0.3 is 0 Å². The van der Waals surface area contributed by atoms with E-state index in [0.717, 1.165) is 13.0 Å². The van der Waals surface area contributed by atoms with Crippen molar-refractivity contribution in [3.63, 3.8) is 0 Å². The van der Waals surface area contributed by atoms with Crippen LogP contribution in [0.25, 0.3) is 0 Å². The monoisotopic (exact) mass is 153 g/mol. The van der Waals surface area contributed by atoms with Crippen LogP contribution in [0.15, 0.2) is 12.4 Å². The molecule has 4 nitrogen and oxygen atoms in total. The standard InChI is InChI=1S/C7H11N3O/c1-7(11)3-2-6-10-8-4-5-9-10/h4-5H,2-3,6H2,1H3. The summed E-state index contributed by atoms with van der Waals surface area (Å²) in [5, 5.41) is 7.81. The lowest BCUT2D eigenvalue weighted by atomic mass is 10.2. The lowest BCUT2D eigenvalue weighted by Crippen LogP contribution is -2.03. The number of hydrogen-bond donors (Lipinski definition) is 0. The van der Waals surface area contributed by atoms with E-state index in [2.05, 4.69) is 10.2 Å². The van der Waals surface area contributed by atoms with Gasteiger partial charge in [-0.3, -0.25) is 0 Å². The van der Waals surface area contributed by atoms with Crippen molar-refractivity contribution >= 4 is 5.78 Å². The third-order valence-electron chi connectivity index (χ3n) is 1.35. The molecule has 1 heterocycles. The van der Waals surface area contributed by atoms with Crippen LogP contribution in [0.5, 0.6) is 0 Å². The molecule has 1 aromatic heterocycles. The lowest BCUT2D eigenvalue weighted by molar-refractivity contribution is -0.117. The first-order chi connectivity index (χ1) is 5.29. The number of aryl methyl sites for hydroxylation is 1. The predicted molar refractivity (Wildman–Crippen MR) is 39.9 cm³/mol. The van der Waals surface area contributed by atoms with Crippen LogP contribution in [0.4, 0.5) is 0 Å². The first kappa shape index (κ1) is 7.91. The number of carbonyl (C=O) groups is 1. The van der Waals surface area contributed by atoms with Crippen molar-refractivity contribution in [2.24, 2.45) is 0 Å². The van der Waals surface area contributed by atoms with Gasteiger partial charge in [-0.15, -0.1) is 0 Å². The van der Waals surface area contributed by atoms with Gasteiger partial charge in [0.15, 0.2) is 0 Å². The molecule has 0 aliphatic carbocycles. The third-order valence-corrected chi connectivity index (χ3v) is 1.35. The quantitative estimate of drug-likeness (QED) is 0.638. The second-order valence-corrected chi connectivity index (χ2v) is 2.43. The van der Waals surface area contributed by atoms with Crippen molar-refractivity contribution in [2.45, 2.75) is 26.3 Å². The van der Waals surface area contributed by atoms with Crippen LogP contribution in [-0.2, 0) is 11.3 Å². The van der Waals surface area contributed by atoms with E-state index >= 15 is 0 Å². The maximum atomic E-state index is 10.5. The Morgan fingerprint density at radius 1 is 1.45 bits per heavy atom. The predicted octanol–water partition coefficient (Wildman–Crippen LogP) is 0.647. The van der Waals surface area contributed by atoms with Crippen molar-refractivity contribution in [1.29, 1.82) is 0 Å². The molecule has 0 unspecified atom stereocenters. The van der Waals surface area contributed by atoms with E-state index in [0.29, 0.717) is 6.42 Å². The van der Waals surface area contributed by atoms with Crippen molar-refractivity contribution in [3.8, 4) is 0 Å². The molecule has 0 aromatic carbocycles. The van der Waals surface area contributed by atoms with E-state index < -0.39 is 0 Å². The Balaban J connectivity index is 2.19. The normalized spacial score (nSPS) is 9.91. The summed E-state index contributed by atoms with van der Waals surface area (Å²) in [5.74, 6) is 0.220. The Morgan fingerprint density at radius 3 is 2.64 bits per heavy atom. The summed E-state index contributed by atoms with van der Waals surface area (Å²) in [6.45, 7) is 2.32. The highest BCUT2D eigenvalue weighted by molar-refractivity contribution is 5.75. The van der Waals surface area contributed by atoms with Crippen LogP contribution in [-0.4, -0.2) is 20.8 Å². The molecule has 0 fully saturated rings. The Bertz CT molecular complexity index is 218. The minimum atomic E-state index is 0.220. The summed E-state index contributed by atoms with van der Waals surface area (Å²) in [7, 11) is 0. The lowest BCUT2D eigenvalue weighted by Gasteiger charge is -1.95. The van der Waals surface area contributed by atoms with E-state index in [9.17, 15) is 4.79 Å². The molecule has 0 spiro atoms. The van der Waals surface area contributed by atoms with Crippen molar-refractivity contribution in [2.75, 3.05) is 0 Å². The van der Waals surface area contributed by atoms with Gasteiger partial charge in [-0.1, -0.05) is 0 Å². The molecule has 1 rings (SSSR count). The van der Waals surface area contributed by atoms with Crippen molar-refractivity contribution in [1.82, 2.24) is 15.0 Å². The van der Waals surface area contributed by atoms with Gasteiger partial charge in [0, 0.05) is 6.42 Å². The smallest absolute Gasteiger partial charge is 0.129 e. The number of hydrogen-bond acceptors (Lipinski definition) is 3. The number of nitrogens with zero attached hydrogens (tertiary/aromatic N) is 3. The van der Waals surface area contributed by atoms with Crippen LogP contribution in [0.3, 0.4) is 0 Å². The SMILES string of the molecule is CC(=O)CCCn1nccn1. The Labute approximate surface area is 65.2 Å². The Morgan fingerprint density at radius 2 is 2.09 bits per heavy atom. The van der Waals surface area contributed by atoms with Gasteiger partial charge in [0.2, 0.25) is 0 Å². The molecule has 0 aliphatic rings. The Hall–Kier alpha value is -1.19. The molecule has 0 saturated heterocycles. The summed E-state index contributed by atoms with van der Waals surface area (Å²) in [6.07, 6.45) is 4.70.